The highest BCUT2D eigenvalue weighted by molar-refractivity contribution is 9.10. The molecule has 0 radical (unpaired) electrons. The lowest BCUT2D eigenvalue weighted by Gasteiger charge is -2.04. The van der Waals surface area contributed by atoms with Gasteiger partial charge < -0.3 is 14.5 Å². The van der Waals surface area contributed by atoms with Crippen molar-refractivity contribution in [2.75, 3.05) is 12.4 Å². The minimum atomic E-state index is -0.470. The number of thiophene rings is 1. The molecule has 5 nitrogen and oxygen atoms in total. The van der Waals surface area contributed by atoms with Gasteiger partial charge in [0.25, 0.3) is 0 Å². The number of carbonyl (C=O) groups excluding carboxylic acids is 2. The lowest BCUT2D eigenvalue weighted by molar-refractivity contribution is -0.111. The summed E-state index contributed by atoms with van der Waals surface area (Å²) >= 11 is 4.41. The molecular weight excluding hydrogens is 358 g/mol. The predicted octanol–water partition coefficient (Wildman–Crippen LogP) is 3.85. The second kappa shape index (κ2) is 6.73. The summed E-state index contributed by atoms with van der Waals surface area (Å²) in [7, 11) is 1.30. The highest BCUT2D eigenvalue weighted by Gasteiger charge is 2.17. The van der Waals surface area contributed by atoms with Gasteiger partial charge in [0.05, 0.1) is 12.8 Å². The van der Waals surface area contributed by atoms with E-state index < -0.39 is 5.97 Å². The topological polar surface area (TPSA) is 68.5 Å². The molecule has 2 aromatic rings. The third-order valence-corrected chi connectivity index (χ3v) is 4.09. The van der Waals surface area contributed by atoms with Gasteiger partial charge in [-0.3, -0.25) is 4.79 Å². The molecule has 21 heavy (non-hydrogen) atoms. The number of esters is 1. The normalized spacial score (nSPS) is 10.8. The third-order valence-electron chi connectivity index (χ3n) is 2.59. The van der Waals surface area contributed by atoms with Crippen LogP contribution in [0.15, 0.2) is 32.7 Å². The van der Waals surface area contributed by atoms with Crippen LogP contribution in [0.25, 0.3) is 6.08 Å². The summed E-state index contributed by atoms with van der Waals surface area (Å²) in [6.45, 7) is 1.81. The van der Waals surface area contributed by atoms with E-state index in [4.69, 9.17) is 4.42 Å². The van der Waals surface area contributed by atoms with E-state index in [0.29, 0.717) is 21.0 Å². The lowest BCUT2D eigenvalue weighted by Crippen LogP contribution is -2.11. The first-order chi connectivity index (χ1) is 10.0. The Balaban J connectivity index is 2.11. The first kappa shape index (κ1) is 15.5. The minimum Gasteiger partial charge on any atom is -0.465 e. The number of carbonyl (C=O) groups is 2. The van der Waals surface area contributed by atoms with Gasteiger partial charge in [-0.15, -0.1) is 11.3 Å². The van der Waals surface area contributed by atoms with Crippen molar-refractivity contribution in [1.29, 1.82) is 0 Å². The maximum Gasteiger partial charge on any atom is 0.350 e. The van der Waals surface area contributed by atoms with Gasteiger partial charge >= 0.3 is 5.97 Å². The van der Waals surface area contributed by atoms with E-state index in [9.17, 15) is 9.59 Å². The number of aryl methyl sites for hydroxylation is 1. The van der Waals surface area contributed by atoms with E-state index in [1.807, 2.05) is 6.92 Å². The number of anilines is 1. The van der Waals surface area contributed by atoms with Crippen LogP contribution >= 0.6 is 27.3 Å². The summed E-state index contributed by atoms with van der Waals surface area (Å²) in [5, 5.41) is 4.47. The van der Waals surface area contributed by atoms with Crippen LogP contribution in [-0.2, 0) is 9.53 Å². The summed E-state index contributed by atoms with van der Waals surface area (Å²) in [6.07, 6.45) is 2.88. The molecule has 2 rings (SSSR count). The van der Waals surface area contributed by atoms with Crippen LogP contribution in [0.4, 0.5) is 5.69 Å². The first-order valence-electron chi connectivity index (χ1n) is 5.92. The molecule has 0 atom stereocenters. The summed E-state index contributed by atoms with van der Waals surface area (Å²) in [4.78, 5) is 23.9. The Morgan fingerprint density at radius 2 is 2.19 bits per heavy atom. The molecule has 0 saturated heterocycles. The molecule has 0 aromatic carbocycles. The number of furan rings is 1. The van der Waals surface area contributed by atoms with Crippen molar-refractivity contribution >= 4 is 50.9 Å². The molecule has 7 heteroatoms. The number of halogens is 1. The number of hydrogen-bond acceptors (Lipinski definition) is 5. The molecule has 0 saturated carbocycles. The van der Waals surface area contributed by atoms with Gasteiger partial charge in [-0.25, -0.2) is 4.79 Å². The van der Waals surface area contributed by atoms with Crippen LogP contribution in [0.5, 0.6) is 0 Å². The SMILES string of the molecule is COC(=O)c1scc(C)c1NC(=O)/C=C/c1ccc(Br)o1. The second-order valence-corrected chi connectivity index (χ2v) is 5.74. The van der Waals surface area contributed by atoms with Crippen molar-refractivity contribution in [3.8, 4) is 0 Å². The molecular formula is C14H12BrNO4S. The fourth-order valence-electron chi connectivity index (χ4n) is 1.58. The van der Waals surface area contributed by atoms with Crippen LogP contribution in [-0.4, -0.2) is 19.0 Å². The summed E-state index contributed by atoms with van der Waals surface area (Å²) in [5.41, 5.74) is 1.28. The molecule has 1 N–H and O–H groups in total. The molecule has 0 aliphatic heterocycles. The van der Waals surface area contributed by atoms with Crippen LogP contribution < -0.4 is 5.32 Å². The average molecular weight is 370 g/mol. The summed E-state index contributed by atoms with van der Waals surface area (Å²) < 4.78 is 10.5. The highest BCUT2D eigenvalue weighted by atomic mass is 79.9. The zero-order valence-corrected chi connectivity index (χ0v) is 13.7. The number of nitrogens with one attached hydrogen (secondary N) is 1. The van der Waals surface area contributed by atoms with Gasteiger partial charge in [-0.1, -0.05) is 0 Å². The predicted molar refractivity (Wildman–Crippen MR) is 84.5 cm³/mol. The second-order valence-electron chi connectivity index (χ2n) is 4.08. The number of hydrogen-bond donors (Lipinski definition) is 1. The molecule has 110 valence electrons. The molecule has 0 spiro atoms. The highest BCUT2D eigenvalue weighted by Crippen LogP contribution is 2.28. The monoisotopic (exact) mass is 369 g/mol. The smallest absolute Gasteiger partial charge is 0.350 e. The Morgan fingerprint density at radius 3 is 2.81 bits per heavy atom. The Morgan fingerprint density at radius 1 is 1.43 bits per heavy atom. The molecule has 0 bridgehead atoms. The van der Waals surface area contributed by atoms with Crippen molar-refractivity contribution in [2.45, 2.75) is 6.92 Å². The zero-order chi connectivity index (χ0) is 15.4. The first-order valence-corrected chi connectivity index (χ1v) is 7.59. The summed E-state index contributed by atoms with van der Waals surface area (Å²) in [5.74, 6) is -0.274. The van der Waals surface area contributed by atoms with Crippen LogP contribution in [0.2, 0.25) is 0 Å². The number of amides is 1. The summed E-state index contributed by atoms with van der Waals surface area (Å²) in [6, 6.07) is 3.46. The maximum absolute atomic E-state index is 11.9. The molecule has 0 aliphatic rings. The molecule has 0 unspecified atom stereocenters. The van der Waals surface area contributed by atoms with Crippen molar-refractivity contribution in [3.05, 3.63) is 44.5 Å². The van der Waals surface area contributed by atoms with E-state index in [2.05, 4.69) is 26.0 Å². The number of rotatable bonds is 4. The molecule has 0 fully saturated rings. The van der Waals surface area contributed by atoms with Gasteiger partial charge in [0.15, 0.2) is 4.67 Å². The fourth-order valence-corrected chi connectivity index (χ4v) is 2.82. The van der Waals surface area contributed by atoms with Crippen LogP contribution in [0, 0.1) is 6.92 Å². The lowest BCUT2D eigenvalue weighted by atomic mass is 10.2. The standard InChI is InChI=1S/C14H12BrNO4S/c1-8-7-21-13(14(18)19-2)12(8)16-11(17)6-4-9-3-5-10(15)20-9/h3-7H,1-2H3,(H,16,17)/b6-4+. The molecule has 2 heterocycles. The van der Waals surface area contributed by atoms with E-state index in [1.54, 1.807) is 23.6 Å². The Labute approximate surface area is 133 Å². The molecule has 0 aliphatic carbocycles. The Bertz CT molecular complexity index is 702. The largest absolute Gasteiger partial charge is 0.465 e. The van der Waals surface area contributed by atoms with Crippen LogP contribution in [0.1, 0.15) is 21.0 Å². The van der Waals surface area contributed by atoms with E-state index >= 15 is 0 Å². The Hall–Kier alpha value is -1.86. The number of ether oxygens (including phenoxy) is 1. The van der Waals surface area contributed by atoms with Gasteiger partial charge in [0.1, 0.15) is 10.6 Å². The van der Waals surface area contributed by atoms with E-state index in [0.717, 1.165) is 5.56 Å². The number of methoxy groups -OCH3 is 1. The minimum absolute atomic E-state index is 0.353. The quantitative estimate of drug-likeness (QED) is 0.656. The van der Waals surface area contributed by atoms with Crippen molar-refractivity contribution in [3.63, 3.8) is 0 Å². The van der Waals surface area contributed by atoms with Gasteiger partial charge in [-0.2, -0.15) is 0 Å². The molecule has 2 aromatic heterocycles. The van der Waals surface area contributed by atoms with Crippen molar-refractivity contribution < 1.29 is 18.7 Å². The van der Waals surface area contributed by atoms with Gasteiger partial charge in [-0.05, 0) is 52.0 Å². The van der Waals surface area contributed by atoms with E-state index in [1.165, 1.54) is 24.5 Å². The van der Waals surface area contributed by atoms with Gasteiger partial charge in [0, 0.05) is 6.08 Å². The Kier molecular flexibility index (Phi) is 4.98. The third kappa shape index (κ3) is 3.83. The van der Waals surface area contributed by atoms with Crippen molar-refractivity contribution in [1.82, 2.24) is 0 Å². The fraction of sp³-hybridized carbons (Fsp3) is 0.143. The van der Waals surface area contributed by atoms with Gasteiger partial charge in [0.2, 0.25) is 5.91 Å². The maximum atomic E-state index is 11.9. The average Bonchev–Trinajstić information content (AvgIpc) is 3.03. The van der Waals surface area contributed by atoms with Crippen LogP contribution in [0.3, 0.4) is 0 Å². The van der Waals surface area contributed by atoms with E-state index in [-0.39, 0.29) is 5.91 Å². The zero-order valence-electron chi connectivity index (χ0n) is 11.3. The molecule has 1 amide bonds. The van der Waals surface area contributed by atoms with Crippen molar-refractivity contribution in [2.24, 2.45) is 0 Å².